The van der Waals surface area contributed by atoms with Crippen molar-refractivity contribution in [3.8, 4) is 11.7 Å². The molecule has 176 valence electrons. The standard InChI is InChI=1S/C22H22F2N8O2/c1-33-15-6-2-5-14-17(15)28-21(18(23)24)32(14)22-29-19(27-13-4-3-7-26-12-13)16(25)20(30-22)31-8-10-34-11-9-31/h2-7,12,18H,8-11,25H2,1H3,(H,27,29,30). The number of pyridine rings is 1. The van der Waals surface area contributed by atoms with Crippen LogP contribution in [-0.2, 0) is 4.74 Å². The van der Waals surface area contributed by atoms with Crippen molar-refractivity contribution in [3.63, 3.8) is 0 Å². The molecular weight excluding hydrogens is 446 g/mol. The van der Waals surface area contributed by atoms with Crippen LogP contribution in [0.25, 0.3) is 17.0 Å². The maximum atomic E-state index is 14.1. The number of alkyl halides is 2. The van der Waals surface area contributed by atoms with Crippen LogP contribution in [0, 0.1) is 0 Å². The van der Waals surface area contributed by atoms with E-state index < -0.39 is 12.2 Å². The summed E-state index contributed by atoms with van der Waals surface area (Å²) in [7, 11) is 1.46. The van der Waals surface area contributed by atoms with E-state index in [1.54, 1.807) is 42.7 Å². The van der Waals surface area contributed by atoms with Crippen LogP contribution in [0.2, 0.25) is 0 Å². The number of anilines is 4. The van der Waals surface area contributed by atoms with E-state index in [2.05, 4.69) is 25.3 Å². The molecule has 1 aliphatic rings. The summed E-state index contributed by atoms with van der Waals surface area (Å²) in [6, 6.07) is 8.58. The second kappa shape index (κ2) is 9.06. The Labute approximate surface area is 193 Å². The molecule has 0 aliphatic carbocycles. The molecule has 12 heteroatoms. The van der Waals surface area contributed by atoms with Crippen LogP contribution < -0.4 is 20.7 Å². The zero-order valence-electron chi connectivity index (χ0n) is 18.3. The number of nitrogens with two attached hydrogens (primary N) is 1. The van der Waals surface area contributed by atoms with Crippen molar-refractivity contribution >= 4 is 34.0 Å². The zero-order valence-corrected chi connectivity index (χ0v) is 18.3. The fourth-order valence-electron chi connectivity index (χ4n) is 3.84. The first-order chi connectivity index (χ1) is 16.6. The number of nitrogens with one attached hydrogen (secondary N) is 1. The molecule has 0 spiro atoms. The number of imidazole rings is 1. The van der Waals surface area contributed by atoms with Crippen LogP contribution in [0.15, 0.2) is 42.7 Å². The SMILES string of the molecule is COc1cccc2c1nc(C(F)F)n2-c1nc(Nc2cccnc2)c(N)c(N2CCOCC2)n1. The molecule has 1 saturated heterocycles. The van der Waals surface area contributed by atoms with Gasteiger partial charge in [-0.1, -0.05) is 6.07 Å². The molecule has 10 nitrogen and oxygen atoms in total. The molecule has 1 aliphatic heterocycles. The Morgan fingerprint density at radius 3 is 2.65 bits per heavy atom. The van der Waals surface area contributed by atoms with Gasteiger partial charge in [-0.25, -0.2) is 13.8 Å². The van der Waals surface area contributed by atoms with Gasteiger partial charge < -0.3 is 25.4 Å². The highest BCUT2D eigenvalue weighted by Gasteiger charge is 2.26. The minimum absolute atomic E-state index is 0.00753. The summed E-state index contributed by atoms with van der Waals surface area (Å²) >= 11 is 0. The van der Waals surface area contributed by atoms with Crippen molar-refractivity contribution < 1.29 is 18.3 Å². The van der Waals surface area contributed by atoms with Crippen LogP contribution in [-0.4, -0.2) is 57.9 Å². The van der Waals surface area contributed by atoms with E-state index in [0.717, 1.165) is 0 Å². The van der Waals surface area contributed by atoms with Crippen molar-refractivity contribution in [1.82, 2.24) is 24.5 Å². The van der Waals surface area contributed by atoms with E-state index in [1.807, 2.05) is 4.90 Å². The topological polar surface area (TPSA) is 116 Å². The van der Waals surface area contributed by atoms with Gasteiger partial charge in [0.1, 0.15) is 17.0 Å². The molecule has 34 heavy (non-hydrogen) atoms. The van der Waals surface area contributed by atoms with E-state index in [1.165, 1.54) is 11.7 Å². The average Bonchev–Trinajstić information content (AvgIpc) is 3.27. The van der Waals surface area contributed by atoms with E-state index >= 15 is 0 Å². The van der Waals surface area contributed by atoms with Gasteiger partial charge in [0.15, 0.2) is 17.5 Å². The second-order valence-electron chi connectivity index (χ2n) is 7.51. The Hall–Kier alpha value is -4.06. The van der Waals surface area contributed by atoms with Crippen molar-refractivity contribution in [2.45, 2.75) is 6.43 Å². The molecular formula is C22H22F2N8O2. The number of aromatic nitrogens is 5. The normalized spacial score (nSPS) is 14.1. The van der Waals surface area contributed by atoms with Gasteiger partial charge in [-0.15, -0.1) is 0 Å². The van der Waals surface area contributed by atoms with Crippen LogP contribution in [0.3, 0.4) is 0 Å². The van der Waals surface area contributed by atoms with E-state index in [4.69, 9.17) is 15.2 Å². The smallest absolute Gasteiger partial charge is 0.296 e. The number of halogens is 2. The molecule has 3 aromatic heterocycles. The highest BCUT2D eigenvalue weighted by Crippen LogP contribution is 2.35. The summed E-state index contributed by atoms with van der Waals surface area (Å²) < 4.78 is 40.2. The van der Waals surface area contributed by atoms with Gasteiger partial charge in [0, 0.05) is 19.3 Å². The lowest BCUT2D eigenvalue weighted by Gasteiger charge is -2.29. The fraction of sp³-hybridized carbons (Fsp3) is 0.273. The first-order valence-electron chi connectivity index (χ1n) is 10.6. The Balaban J connectivity index is 1.73. The maximum absolute atomic E-state index is 14.1. The van der Waals surface area contributed by atoms with Crippen molar-refractivity contribution in [3.05, 3.63) is 48.5 Å². The molecule has 0 radical (unpaired) electrons. The van der Waals surface area contributed by atoms with Crippen LogP contribution >= 0.6 is 0 Å². The summed E-state index contributed by atoms with van der Waals surface area (Å²) in [6.45, 7) is 2.09. The summed E-state index contributed by atoms with van der Waals surface area (Å²) in [5.74, 6) is 0.572. The molecule has 0 bridgehead atoms. The van der Waals surface area contributed by atoms with Crippen molar-refractivity contribution in [2.24, 2.45) is 0 Å². The molecule has 0 unspecified atom stereocenters. The summed E-state index contributed by atoms with van der Waals surface area (Å²) in [4.78, 5) is 19.3. The summed E-state index contributed by atoms with van der Waals surface area (Å²) in [6.07, 6.45) is 0.372. The number of rotatable bonds is 6. The van der Waals surface area contributed by atoms with E-state index in [0.29, 0.717) is 49.1 Å². The molecule has 0 saturated carbocycles. The number of ether oxygens (including phenoxy) is 2. The van der Waals surface area contributed by atoms with Gasteiger partial charge in [-0.3, -0.25) is 9.55 Å². The van der Waals surface area contributed by atoms with Crippen molar-refractivity contribution in [2.75, 3.05) is 49.4 Å². The van der Waals surface area contributed by atoms with Gasteiger partial charge in [-0.2, -0.15) is 9.97 Å². The number of hydrogen-bond acceptors (Lipinski definition) is 9. The summed E-state index contributed by atoms with van der Waals surface area (Å²) in [5, 5.41) is 3.13. The number of fused-ring (bicyclic) bond motifs is 1. The third kappa shape index (κ3) is 3.92. The quantitative estimate of drug-likeness (QED) is 0.440. The van der Waals surface area contributed by atoms with Crippen LogP contribution in [0.4, 0.5) is 31.8 Å². The van der Waals surface area contributed by atoms with Gasteiger partial charge in [0.05, 0.1) is 37.7 Å². The van der Waals surface area contributed by atoms with E-state index in [-0.39, 0.29) is 23.0 Å². The predicted octanol–water partition coefficient (Wildman–Crippen LogP) is 3.32. The Bertz CT molecular complexity index is 1310. The Morgan fingerprint density at radius 2 is 1.94 bits per heavy atom. The van der Waals surface area contributed by atoms with Gasteiger partial charge in [0.25, 0.3) is 6.43 Å². The molecule has 1 aromatic carbocycles. The lowest BCUT2D eigenvalue weighted by molar-refractivity contribution is 0.122. The largest absolute Gasteiger partial charge is 0.494 e. The average molecular weight is 468 g/mol. The van der Waals surface area contributed by atoms with Crippen LogP contribution in [0.1, 0.15) is 12.2 Å². The van der Waals surface area contributed by atoms with Crippen LogP contribution in [0.5, 0.6) is 5.75 Å². The number of benzene rings is 1. The summed E-state index contributed by atoms with van der Waals surface area (Å²) in [5.41, 5.74) is 8.06. The maximum Gasteiger partial charge on any atom is 0.296 e. The number of nitrogens with zero attached hydrogens (tertiary/aromatic N) is 6. The first-order valence-corrected chi connectivity index (χ1v) is 10.6. The second-order valence-corrected chi connectivity index (χ2v) is 7.51. The lowest BCUT2D eigenvalue weighted by atomic mass is 10.3. The molecule has 3 N–H and O–H groups in total. The zero-order chi connectivity index (χ0) is 23.7. The number of hydrogen-bond donors (Lipinski definition) is 2. The minimum atomic E-state index is -2.88. The lowest BCUT2D eigenvalue weighted by Crippen LogP contribution is -2.37. The third-order valence-corrected chi connectivity index (χ3v) is 5.44. The number of morpholine rings is 1. The van der Waals surface area contributed by atoms with Gasteiger partial charge in [0.2, 0.25) is 5.95 Å². The molecule has 1 fully saturated rings. The fourth-order valence-corrected chi connectivity index (χ4v) is 3.84. The number of para-hydroxylation sites is 1. The first kappa shape index (κ1) is 21.8. The molecule has 4 heterocycles. The number of methoxy groups -OCH3 is 1. The predicted molar refractivity (Wildman–Crippen MR) is 123 cm³/mol. The monoisotopic (exact) mass is 468 g/mol. The number of nitrogen functional groups attached to an aromatic ring is 1. The minimum Gasteiger partial charge on any atom is -0.494 e. The van der Waals surface area contributed by atoms with E-state index in [9.17, 15) is 8.78 Å². The molecule has 4 aromatic rings. The molecule has 0 amide bonds. The van der Waals surface area contributed by atoms with Gasteiger partial charge >= 0.3 is 0 Å². The molecule has 5 rings (SSSR count). The van der Waals surface area contributed by atoms with Crippen molar-refractivity contribution in [1.29, 1.82) is 0 Å². The molecule has 0 atom stereocenters. The van der Waals surface area contributed by atoms with Gasteiger partial charge in [-0.05, 0) is 24.3 Å². The highest BCUT2D eigenvalue weighted by molar-refractivity contribution is 5.85. The highest BCUT2D eigenvalue weighted by atomic mass is 19.3. The Kier molecular flexibility index (Phi) is 5.80. The Morgan fingerprint density at radius 1 is 1.12 bits per heavy atom. The third-order valence-electron chi connectivity index (χ3n) is 5.44.